The van der Waals surface area contributed by atoms with E-state index in [1.54, 1.807) is 4.90 Å². The Morgan fingerprint density at radius 1 is 1.30 bits per heavy atom. The van der Waals surface area contributed by atoms with Gasteiger partial charge in [-0.05, 0) is 38.5 Å². The average Bonchev–Trinajstić information content (AvgIpc) is 2.93. The number of carbonyl (C=O) groups excluding carboxylic acids is 1. The zero-order valence-corrected chi connectivity index (χ0v) is 12.9. The molecular weight excluding hydrogens is 256 g/mol. The average molecular weight is 282 g/mol. The summed E-state index contributed by atoms with van der Waals surface area (Å²) in [6.07, 6.45) is 3.37. The Labute approximate surface area is 120 Å². The summed E-state index contributed by atoms with van der Waals surface area (Å²) in [6.45, 7) is 6.36. The Kier molecular flexibility index (Phi) is 4.25. The third-order valence-electron chi connectivity index (χ3n) is 4.85. The van der Waals surface area contributed by atoms with Crippen molar-refractivity contribution in [3.05, 3.63) is 0 Å². The molecule has 20 heavy (non-hydrogen) atoms. The van der Waals surface area contributed by atoms with Gasteiger partial charge < -0.3 is 14.9 Å². The summed E-state index contributed by atoms with van der Waals surface area (Å²) in [5, 5.41) is 9.25. The lowest BCUT2D eigenvalue weighted by atomic mass is 9.89. The van der Waals surface area contributed by atoms with Gasteiger partial charge in [0.1, 0.15) is 0 Å². The van der Waals surface area contributed by atoms with Crippen molar-refractivity contribution in [1.82, 2.24) is 9.80 Å². The predicted molar refractivity (Wildman–Crippen MR) is 76.5 cm³/mol. The minimum absolute atomic E-state index is 0.00870. The van der Waals surface area contributed by atoms with Crippen molar-refractivity contribution in [3.8, 4) is 0 Å². The van der Waals surface area contributed by atoms with Gasteiger partial charge in [0.05, 0.1) is 5.92 Å². The minimum atomic E-state index is -0.757. The number of carbonyl (C=O) groups is 2. The van der Waals surface area contributed by atoms with Gasteiger partial charge in [-0.1, -0.05) is 13.8 Å². The molecule has 0 aliphatic carbocycles. The van der Waals surface area contributed by atoms with Gasteiger partial charge in [0.2, 0.25) is 0 Å². The van der Waals surface area contributed by atoms with Crippen LogP contribution in [-0.4, -0.2) is 52.1 Å². The number of fused-ring (bicyclic) bond motifs is 2. The highest BCUT2D eigenvalue weighted by Gasteiger charge is 2.52. The number of aliphatic carboxylic acids is 1. The summed E-state index contributed by atoms with van der Waals surface area (Å²) >= 11 is 0. The molecule has 2 fully saturated rings. The fourth-order valence-corrected chi connectivity index (χ4v) is 3.76. The van der Waals surface area contributed by atoms with Gasteiger partial charge in [-0.25, -0.2) is 4.79 Å². The number of rotatable bonds is 4. The topological polar surface area (TPSA) is 60.9 Å². The summed E-state index contributed by atoms with van der Waals surface area (Å²) in [5.74, 6) is -0.582. The normalized spacial score (nSPS) is 29.9. The van der Waals surface area contributed by atoms with Crippen LogP contribution in [0.1, 0.15) is 46.5 Å². The number of hydrogen-bond acceptors (Lipinski definition) is 2. The summed E-state index contributed by atoms with van der Waals surface area (Å²) < 4.78 is 0. The second-order valence-electron chi connectivity index (χ2n) is 6.76. The van der Waals surface area contributed by atoms with Crippen LogP contribution in [0.2, 0.25) is 0 Å². The molecule has 2 amide bonds. The number of nitrogens with zero attached hydrogens (tertiary/aromatic N) is 2. The highest BCUT2D eigenvalue weighted by atomic mass is 16.4. The van der Waals surface area contributed by atoms with E-state index in [0.29, 0.717) is 12.3 Å². The standard InChI is InChI=1S/C15H26N2O3/c1-9(2)7-10(3)16(4)15(20)17-11-5-6-13(17)12(8-11)14(18)19/h9-13H,5-8H2,1-4H3,(H,18,19). The third kappa shape index (κ3) is 2.63. The Bertz CT molecular complexity index is 397. The first kappa shape index (κ1) is 15.1. The molecule has 0 aromatic carbocycles. The molecule has 2 bridgehead atoms. The van der Waals surface area contributed by atoms with E-state index in [1.165, 1.54) is 0 Å². The Balaban J connectivity index is 2.05. The van der Waals surface area contributed by atoms with Crippen LogP contribution in [0.4, 0.5) is 4.79 Å². The summed E-state index contributed by atoms with van der Waals surface area (Å²) in [7, 11) is 1.84. The molecular formula is C15H26N2O3. The lowest BCUT2D eigenvalue weighted by Crippen LogP contribution is -2.48. The van der Waals surface area contributed by atoms with Gasteiger partial charge in [0.25, 0.3) is 0 Å². The van der Waals surface area contributed by atoms with Crippen molar-refractivity contribution in [3.63, 3.8) is 0 Å². The Morgan fingerprint density at radius 2 is 1.95 bits per heavy atom. The molecule has 5 heteroatoms. The maximum Gasteiger partial charge on any atom is 0.320 e. The lowest BCUT2D eigenvalue weighted by molar-refractivity contribution is -0.142. The van der Waals surface area contributed by atoms with Crippen LogP contribution < -0.4 is 0 Å². The zero-order chi connectivity index (χ0) is 15.0. The molecule has 2 heterocycles. The first-order valence-corrected chi connectivity index (χ1v) is 7.60. The quantitative estimate of drug-likeness (QED) is 0.861. The summed E-state index contributed by atoms with van der Waals surface area (Å²) in [5.41, 5.74) is 0. The number of amides is 2. The van der Waals surface area contributed by atoms with Crippen molar-refractivity contribution < 1.29 is 14.7 Å². The lowest BCUT2D eigenvalue weighted by Gasteiger charge is -2.33. The monoisotopic (exact) mass is 282 g/mol. The van der Waals surface area contributed by atoms with Crippen molar-refractivity contribution >= 4 is 12.0 Å². The molecule has 2 saturated heterocycles. The fraction of sp³-hybridized carbons (Fsp3) is 0.867. The zero-order valence-electron chi connectivity index (χ0n) is 12.9. The van der Waals surface area contributed by atoms with Gasteiger partial charge in [-0.15, -0.1) is 0 Å². The van der Waals surface area contributed by atoms with E-state index >= 15 is 0 Å². The van der Waals surface area contributed by atoms with Crippen LogP contribution in [0.5, 0.6) is 0 Å². The van der Waals surface area contributed by atoms with E-state index in [4.69, 9.17) is 0 Å². The van der Waals surface area contributed by atoms with E-state index in [-0.39, 0.29) is 30.1 Å². The largest absolute Gasteiger partial charge is 0.481 e. The van der Waals surface area contributed by atoms with Crippen LogP contribution in [0.3, 0.4) is 0 Å². The van der Waals surface area contributed by atoms with Gasteiger partial charge in [0, 0.05) is 25.2 Å². The Hall–Kier alpha value is -1.26. The van der Waals surface area contributed by atoms with Crippen molar-refractivity contribution in [1.29, 1.82) is 0 Å². The summed E-state index contributed by atoms with van der Waals surface area (Å²) in [6, 6.07) is 0.223. The number of carboxylic acids is 1. The molecule has 2 aliphatic rings. The molecule has 4 atom stereocenters. The van der Waals surface area contributed by atoms with Crippen molar-refractivity contribution in [2.45, 2.75) is 64.6 Å². The maximum atomic E-state index is 12.7. The molecule has 1 N–H and O–H groups in total. The van der Waals surface area contributed by atoms with E-state index in [0.717, 1.165) is 19.3 Å². The molecule has 0 aromatic heterocycles. The number of urea groups is 1. The van der Waals surface area contributed by atoms with E-state index in [1.807, 2.05) is 11.9 Å². The van der Waals surface area contributed by atoms with Gasteiger partial charge in [-0.2, -0.15) is 0 Å². The second-order valence-corrected chi connectivity index (χ2v) is 6.76. The van der Waals surface area contributed by atoms with Crippen molar-refractivity contribution in [2.24, 2.45) is 11.8 Å². The highest BCUT2D eigenvalue weighted by molar-refractivity contribution is 5.79. The molecule has 0 radical (unpaired) electrons. The summed E-state index contributed by atoms with van der Waals surface area (Å²) in [4.78, 5) is 27.5. The van der Waals surface area contributed by atoms with Crippen LogP contribution in [0, 0.1) is 11.8 Å². The highest BCUT2D eigenvalue weighted by Crippen LogP contribution is 2.42. The van der Waals surface area contributed by atoms with Gasteiger partial charge in [0.15, 0.2) is 0 Å². The van der Waals surface area contributed by atoms with E-state index in [2.05, 4.69) is 20.8 Å². The van der Waals surface area contributed by atoms with Crippen LogP contribution in [0.15, 0.2) is 0 Å². The molecule has 2 rings (SSSR count). The molecule has 5 nitrogen and oxygen atoms in total. The molecule has 4 unspecified atom stereocenters. The molecule has 0 aromatic rings. The first-order chi connectivity index (χ1) is 9.32. The SMILES string of the molecule is CC(C)CC(C)N(C)C(=O)N1C2CCC1C(C(=O)O)C2. The van der Waals surface area contributed by atoms with E-state index < -0.39 is 5.97 Å². The Morgan fingerprint density at radius 3 is 2.45 bits per heavy atom. The van der Waals surface area contributed by atoms with Gasteiger partial charge in [-0.3, -0.25) is 4.79 Å². The van der Waals surface area contributed by atoms with Crippen LogP contribution in [-0.2, 0) is 4.79 Å². The van der Waals surface area contributed by atoms with Crippen molar-refractivity contribution in [2.75, 3.05) is 7.05 Å². The molecule has 114 valence electrons. The smallest absolute Gasteiger partial charge is 0.320 e. The molecule has 0 spiro atoms. The number of hydrogen-bond donors (Lipinski definition) is 1. The minimum Gasteiger partial charge on any atom is -0.481 e. The maximum absolute atomic E-state index is 12.7. The molecule has 0 saturated carbocycles. The third-order valence-corrected chi connectivity index (χ3v) is 4.85. The second kappa shape index (κ2) is 5.62. The van der Waals surface area contributed by atoms with Crippen LogP contribution in [0.25, 0.3) is 0 Å². The van der Waals surface area contributed by atoms with Gasteiger partial charge >= 0.3 is 12.0 Å². The van der Waals surface area contributed by atoms with Crippen LogP contribution >= 0.6 is 0 Å². The van der Waals surface area contributed by atoms with E-state index in [9.17, 15) is 14.7 Å². The molecule has 2 aliphatic heterocycles. The fourth-order valence-electron chi connectivity index (χ4n) is 3.76. The first-order valence-electron chi connectivity index (χ1n) is 7.60. The number of carboxylic acid groups (broad SMARTS) is 1. The predicted octanol–water partition coefficient (Wildman–Crippen LogP) is 2.41.